The lowest BCUT2D eigenvalue weighted by molar-refractivity contribution is -0.145. The maximum Gasteiger partial charge on any atom is 0.310 e. The highest BCUT2D eigenvalue weighted by atomic mass is 16.5. The third kappa shape index (κ3) is 2.88. The van der Waals surface area contributed by atoms with Crippen molar-refractivity contribution in [3.8, 4) is 0 Å². The monoisotopic (exact) mass is 253 g/mol. The SMILES string of the molecule is COC(=O)C(C)CN(C)C(=O)c1c(C)n[nH]c1C. The van der Waals surface area contributed by atoms with Crippen LogP contribution in [0.5, 0.6) is 0 Å². The fourth-order valence-electron chi connectivity index (χ4n) is 1.83. The second kappa shape index (κ2) is 5.66. The van der Waals surface area contributed by atoms with Crippen molar-refractivity contribution >= 4 is 11.9 Å². The Kier molecular flexibility index (Phi) is 4.47. The molecule has 0 bridgehead atoms. The fraction of sp³-hybridized carbons (Fsp3) is 0.583. The molecule has 1 rings (SSSR count). The van der Waals surface area contributed by atoms with Gasteiger partial charge in [-0.1, -0.05) is 6.92 Å². The maximum atomic E-state index is 12.2. The average Bonchev–Trinajstić information content (AvgIpc) is 2.66. The van der Waals surface area contributed by atoms with Crippen molar-refractivity contribution in [2.75, 3.05) is 20.7 Å². The van der Waals surface area contributed by atoms with Crippen LogP contribution in [0.1, 0.15) is 28.7 Å². The van der Waals surface area contributed by atoms with Crippen molar-refractivity contribution in [3.63, 3.8) is 0 Å². The molecule has 0 aliphatic carbocycles. The maximum absolute atomic E-state index is 12.2. The third-order valence-corrected chi connectivity index (χ3v) is 2.84. The zero-order chi connectivity index (χ0) is 13.9. The molecule has 1 atom stereocenters. The van der Waals surface area contributed by atoms with Gasteiger partial charge in [-0.05, 0) is 13.8 Å². The number of aryl methyl sites for hydroxylation is 2. The minimum atomic E-state index is -0.350. The standard InChI is InChI=1S/C12H19N3O3/c1-7(12(17)18-5)6-15(4)11(16)10-8(2)13-14-9(10)3/h7H,6H2,1-5H3,(H,13,14). The van der Waals surface area contributed by atoms with E-state index in [-0.39, 0.29) is 17.8 Å². The molecule has 0 aromatic carbocycles. The number of carbonyl (C=O) groups is 2. The van der Waals surface area contributed by atoms with E-state index < -0.39 is 0 Å². The van der Waals surface area contributed by atoms with E-state index in [1.807, 2.05) is 0 Å². The Morgan fingerprint density at radius 3 is 2.50 bits per heavy atom. The summed E-state index contributed by atoms with van der Waals surface area (Å²) >= 11 is 0. The largest absolute Gasteiger partial charge is 0.469 e. The summed E-state index contributed by atoms with van der Waals surface area (Å²) in [5.74, 6) is -0.818. The number of hydrogen-bond acceptors (Lipinski definition) is 4. The molecule has 0 aliphatic heterocycles. The molecule has 6 heteroatoms. The molecule has 1 unspecified atom stereocenters. The number of amides is 1. The predicted octanol–water partition coefficient (Wildman–Crippen LogP) is 0.908. The highest BCUT2D eigenvalue weighted by Gasteiger charge is 2.23. The first kappa shape index (κ1) is 14.2. The van der Waals surface area contributed by atoms with Gasteiger partial charge in [-0.25, -0.2) is 0 Å². The molecule has 0 fully saturated rings. The van der Waals surface area contributed by atoms with Gasteiger partial charge in [0.15, 0.2) is 0 Å². The van der Waals surface area contributed by atoms with Crippen LogP contribution in [0.3, 0.4) is 0 Å². The summed E-state index contributed by atoms with van der Waals surface area (Å²) in [7, 11) is 3.00. The van der Waals surface area contributed by atoms with E-state index in [1.54, 1.807) is 27.8 Å². The second-order valence-corrected chi connectivity index (χ2v) is 4.42. The number of aromatic amines is 1. The van der Waals surface area contributed by atoms with Crippen LogP contribution in [0.4, 0.5) is 0 Å². The van der Waals surface area contributed by atoms with Crippen LogP contribution >= 0.6 is 0 Å². The van der Waals surface area contributed by atoms with Gasteiger partial charge in [0.25, 0.3) is 5.91 Å². The molecule has 0 aliphatic rings. The van der Waals surface area contributed by atoms with Crippen molar-refractivity contribution in [3.05, 3.63) is 17.0 Å². The average molecular weight is 253 g/mol. The van der Waals surface area contributed by atoms with Crippen molar-refractivity contribution in [2.24, 2.45) is 5.92 Å². The summed E-state index contributed by atoms with van der Waals surface area (Å²) in [6.45, 7) is 5.61. The van der Waals surface area contributed by atoms with Crippen LogP contribution < -0.4 is 0 Å². The van der Waals surface area contributed by atoms with E-state index in [1.165, 1.54) is 12.0 Å². The first-order valence-electron chi connectivity index (χ1n) is 5.73. The van der Waals surface area contributed by atoms with Gasteiger partial charge < -0.3 is 9.64 Å². The van der Waals surface area contributed by atoms with Gasteiger partial charge in [-0.3, -0.25) is 14.7 Å². The number of rotatable bonds is 4. The molecule has 0 saturated carbocycles. The first-order valence-corrected chi connectivity index (χ1v) is 5.73. The van der Waals surface area contributed by atoms with Crippen molar-refractivity contribution in [1.82, 2.24) is 15.1 Å². The molecule has 1 N–H and O–H groups in total. The Morgan fingerprint density at radius 1 is 1.44 bits per heavy atom. The molecule has 100 valence electrons. The summed E-state index contributed by atoms with van der Waals surface area (Å²) in [5.41, 5.74) is 1.96. The lowest BCUT2D eigenvalue weighted by atomic mass is 10.1. The van der Waals surface area contributed by atoms with Crippen molar-refractivity contribution in [1.29, 1.82) is 0 Å². The van der Waals surface area contributed by atoms with Gasteiger partial charge in [0.1, 0.15) is 0 Å². The minimum Gasteiger partial charge on any atom is -0.469 e. The highest BCUT2D eigenvalue weighted by Crippen LogP contribution is 2.13. The van der Waals surface area contributed by atoms with E-state index in [2.05, 4.69) is 14.9 Å². The van der Waals surface area contributed by atoms with E-state index in [0.717, 1.165) is 5.69 Å². The van der Waals surface area contributed by atoms with Crippen LogP contribution in [0.15, 0.2) is 0 Å². The lowest BCUT2D eigenvalue weighted by Gasteiger charge is -2.20. The summed E-state index contributed by atoms with van der Waals surface area (Å²) in [5, 5.41) is 6.76. The second-order valence-electron chi connectivity index (χ2n) is 4.42. The lowest BCUT2D eigenvalue weighted by Crippen LogP contribution is -2.34. The number of esters is 1. The van der Waals surface area contributed by atoms with E-state index in [4.69, 9.17) is 0 Å². The molecule has 0 spiro atoms. The molecule has 18 heavy (non-hydrogen) atoms. The molecular formula is C12H19N3O3. The van der Waals surface area contributed by atoms with Gasteiger partial charge >= 0.3 is 5.97 Å². The Balaban J connectivity index is 2.76. The van der Waals surface area contributed by atoms with Crippen LogP contribution in [0, 0.1) is 19.8 Å². The Hall–Kier alpha value is -1.85. The topological polar surface area (TPSA) is 75.3 Å². The van der Waals surface area contributed by atoms with Crippen LogP contribution in [0.2, 0.25) is 0 Å². The Labute approximate surface area is 106 Å². The minimum absolute atomic E-state index is 0.144. The zero-order valence-electron chi connectivity index (χ0n) is 11.4. The van der Waals surface area contributed by atoms with Crippen molar-refractivity contribution < 1.29 is 14.3 Å². The number of nitrogens with one attached hydrogen (secondary N) is 1. The van der Waals surface area contributed by atoms with Crippen LogP contribution in [0.25, 0.3) is 0 Å². The number of nitrogens with zero attached hydrogens (tertiary/aromatic N) is 2. The third-order valence-electron chi connectivity index (χ3n) is 2.84. The first-order chi connectivity index (χ1) is 8.38. The quantitative estimate of drug-likeness (QED) is 0.809. The molecule has 0 saturated heterocycles. The smallest absolute Gasteiger partial charge is 0.310 e. The summed E-state index contributed by atoms with van der Waals surface area (Å²) in [6.07, 6.45) is 0. The Bertz CT molecular complexity index is 434. The van der Waals surface area contributed by atoms with Gasteiger partial charge in [0.05, 0.1) is 24.3 Å². The van der Waals surface area contributed by atoms with Gasteiger partial charge in [0, 0.05) is 19.3 Å². The number of aromatic nitrogens is 2. The zero-order valence-corrected chi connectivity index (χ0v) is 11.4. The molecule has 1 aromatic heterocycles. The van der Waals surface area contributed by atoms with Crippen molar-refractivity contribution in [2.45, 2.75) is 20.8 Å². The molecule has 1 heterocycles. The Morgan fingerprint density at radius 2 is 2.06 bits per heavy atom. The van der Waals surface area contributed by atoms with Crippen LogP contribution in [-0.4, -0.2) is 47.7 Å². The molecule has 1 aromatic rings. The van der Waals surface area contributed by atoms with E-state index in [0.29, 0.717) is 17.8 Å². The van der Waals surface area contributed by atoms with Gasteiger partial charge in [0.2, 0.25) is 0 Å². The normalized spacial score (nSPS) is 12.1. The molecule has 0 radical (unpaired) electrons. The molecular weight excluding hydrogens is 234 g/mol. The summed E-state index contributed by atoms with van der Waals surface area (Å²) in [4.78, 5) is 25.0. The number of hydrogen-bond donors (Lipinski definition) is 1. The van der Waals surface area contributed by atoms with Crippen LogP contribution in [-0.2, 0) is 9.53 Å². The van der Waals surface area contributed by atoms with E-state index in [9.17, 15) is 9.59 Å². The van der Waals surface area contributed by atoms with E-state index >= 15 is 0 Å². The van der Waals surface area contributed by atoms with Gasteiger partial charge in [-0.2, -0.15) is 5.10 Å². The number of H-pyrrole nitrogens is 1. The summed E-state index contributed by atoms with van der Waals surface area (Å²) in [6, 6.07) is 0. The molecule has 1 amide bonds. The van der Waals surface area contributed by atoms with Gasteiger partial charge in [-0.15, -0.1) is 0 Å². The number of methoxy groups -OCH3 is 1. The number of ether oxygens (including phenoxy) is 1. The molecule has 6 nitrogen and oxygen atoms in total. The fourth-order valence-corrected chi connectivity index (χ4v) is 1.83. The highest BCUT2D eigenvalue weighted by molar-refractivity contribution is 5.96. The predicted molar refractivity (Wildman–Crippen MR) is 66.2 cm³/mol. The summed E-state index contributed by atoms with van der Waals surface area (Å²) < 4.78 is 4.64. The number of carbonyl (C=O) groups excluding carboxylic acids is 2.